The molecule has 5 nitrogen and oxygen atoms in total. The normalized spacial score (nSPS) is 18.0. The number of nitrogens with one attached hydrogen (secondary N) is 1. The Morgan fingerprint density at radius 1 is 1.45 bits per heavy atom. The molecule has 0 spiro atoms. The van der Waals surface area contributed by atoms with Crippen molar-refractivity contribution in [3.8, 4) is 0 Å². The zero-order chi connectivity index (χ0) is 16.1. The average Bonchev–Trinajstić information content (AvgIpc) is 2.51. The molecule has 22 heavy (non-hydrogen) atoms. The Kier molecular flexibility index (Phi) is 5.66. The highest BCUT2D eigenvalue weighted by Gasteiger charge is 2.29. The van der Waals surface area contributed by atoms with E-state index in [1.54, 1.807) is 24.0 Å². The molecule has 2 amide bonds. The lowest BCUT2D eigenvalue weighted by molar-refractivity contribution is -0.149. The first-order valence-electron chi connectivity index (χ1n) is 7.50. The fourth-order valence-corrected chi connectivity index (χ4v) is 2.71. The molecule has 1 aromatic rings. The summed E-state index contributed by atoms with van der Waals surface area (Å²) in [5.41, 5.74) is 1.63. The largest absolute Gasteiger partial charge is 0.466 e. The number of carbonyl (C=O) groups is 2. The molecule has 120 valence electrons. The van der Waals surface area contributed by atoms with Gasteiger partial charge in [-0.2, -0.15) is 0 Å². The first-order chi connectivity index (χ1) is 10.5. The number of benzene rings is 1. The molecule has 1 saturated heterocycles. The number of anilines is 1. The molecule has 1 fully saturated rings. The Balaban J connectivity index is 2.00. The van der Waals surface area contributed by atoms with E-state index in [0.29, 0.717) is 30.4 Å². The van der Waals surface area contributed by atoms with Crippen LogP contribution in [0.4, 0.5) is 10.5 Å². The van der Waals surface area contributed by atoms with Gasteiger partial charge in [-0.1, -0.05) is 17.7 Å². The minimum Gasteiger partial charge on any atom is -0.466 e. The lowest BCUT2D eigenvalue weighted by Gasteiger charge is -2.31. The number of urea groups is 1. The molecule has 0 bridgehead atoms. The summed E-state index contributed by atoms with van der Waals surface area (Å²) in [7, 11) is 0. The summed E-state index contributed by atoms with van der Waals surface area (Å²) in [6.45, 7) is 5.09. The second-order valence-electron chi connectivity index (χ2n) is 5.43. The van der Waals surface area contributed by atoms with E-state index in [0.717, 1.165) is 18.4 Å². The Labute approximate surface area is 135 Å². The number of hydrogen-bond donors (Lipinski definition) is 1. The van der Waals surface area contributed by atoms with Crippen molar-refractivity contribution in [3.05, 3.63) is 28.8 Å². The number of likely N-dealkylation sites (tertiary alicyclic amines) is 1. The third-order valence-corrected chi connectivity index (χ3v) is 4.00. The molecule has 1 atom stereocenters. The van der Waals surface area contributed by atoms with Gasteiger partial charge in [0.2, 0.25) is 0 Å². The van der Waals surface area contributed by atoms with Gasteiger partial charge in [0.15, 0.2) is 0 Å². The number of ether oxygens (including phenoxy) is 1. The van der Waals surface area contributed by atoms with Crippen molar-refractivity contribution in [1.29, 1.82) is 0 Å². The van der Waals surface area contributed by atoms with Gasteiger partial charge in [-0.15, -0.1) is 0 Å². The second-order valence-corrected chi connectivity index (χ2v) is 5.86. The molecule has 1 aliphatic rings. The third kappa shape index (κ3) is 4.13. The van der Waals surface area contributed by atoms with Crippen LogP contribution in [0.25, 0.3) is 0 Å². The summed E-state index contributed by atoms with van der Waals surface area (Å²) in [4.78, 5) is 25.9. The van der Waals surface area contributed by atoms with E-state index in [1.165, 1.54) is 0 Å². The number of hydrogen-bond acceptors (Lipinski definition) is 3. The van der Waals surface area contributed by atoms with Crippen LogP contribution in [-0.2, 0) is 9.53 Å². The highest BCUT2D eigenvalue weighted by atomic mass is 35.5. The summed E-state index contributed by atoms with van der Waals surface area (Å²) in [5.74, 6) is -0.459. The Hall–Kier alpha value is -1.75. The van der Waals surface area contributed by atoms with Gasteiger partial charge < -0.3 is 15.0 Å². The van der Waals surface area contributed by atoms with Gasteiger partial charge in [0.25, 0.3) is 0 Å². The number of carbonyl (C=O) groups excluding carboxylic acids is 2. The third-order valence-electron chi connectivity index (χ3n) is 3.77. The summed E-state index contributed by atoms with van der Waals surface area (Å²) < 4.78 is 5.05. The maximum atomic E-state index is 12.4. The van der Waals surface area contributed by atoms with E-state index in [1.807, 2.05) is 13.0 Å². The van der Waals surface area contributed by atoms with Crippen LogP contribution >= 0.6 is 11.6 Å². The Bertz CT molecular complexity index is 562. The zero-order valence-electron chi connectivity index (χ0n) is 12.9. The van der Waals surface area contributed by atoms with Crippen LogP contribution in [0, 0.1) is 12.8 Å². The number of nitrogens with zero attached hydrogens (tertiary/aromatic N) is 1. The predicted octanol–water partition coefficient (Wildman–Crippen LogP) is 3.46. The molecule has 0 saturated carbocycles. The Morgan fingerprint density at radius 2 is 2.23 bits per heavy atom. The van der Waals surface area contributed by atoms with Gasteiger partial charge in [0, 0.05) is 23.8 Å². The first-order valence-corrected chi connectivity index (χ1v) is 7.87. The first kappa shape index (κ1) is 16.6. The van der Waals surface area contributed by atoms with E-state index in [-0.39, 0.29) is 17.9 Å². The van der Waals surface area contributed by atoms with Crippen LogP contribution < -0.4 is 5.32 Å². The van der Waals surface area contributed by atoms with Crippen LogP contribution in [0.3, 0.4) is 0 Å². The van der Waals surface area contributed by atoms with Crippen molar-refractivity contribution < 1.29 is 14.3 Å². The van der Waals surface area contributed by atoms with E-state index in [9.17, 15) is 9.59 Å². The van der Waals surface area contributed by atoms with Gasteiger partial charge >= 0.3 is 12.0 Å². The summed E-state index contributed by atoms with van der Waals surface area (Å²) in [6, 6.07) is 5.15. The van der Waals surface area contributed by atoms with E-state index in [4.69, 9.17) is 16.3 Å². The average molecular weight is 325 g/mol. The van der Waals surface area contributed by atoms with E-state index < -0.39 is 0 Å². The van der Waals surface area contributed by atoms with Gasteiger partial charge in [-0.05, 0) is 44.4 Å². The van der Waals surface area contributed by atoms with Crippen molar-refractivity contribution in [2.24, 2.45) is 5.92 Å². The molecule has 1 aliphatic heterocycles. The molecule has 0 unspecified atom stereocenters. The van der Waals surface area contributed by atoms with E-state index in [2.05, 4.69) is 5.32 Å². The topological polar surface area (TPSA) is 58.6 Å². The molecule has 0 radical (unpaired) electrons. The lowest BCUT2D eigenvalue weighted by atomic mass is 9.98. The monoisotopic (exact) mass is 324 g/mol. The SMILES string of the molecule is CCOC(=O)[C@H]1CCCN(C(=O)Nc2cc(Cl)ccc2C)C1. The molecule has 6 heteroatoms. The minimum atomic E-state index is -0.236. The number of rotatable bonds is 3. The summed E-state index contributed by atoms with van der Waals surface area (Å²) in [5, 5.41) is 3.44. The van der Waals surface area contributed by atoms with Gasteiger partial charge in [-0.3, -0.25) is 4.79 Å². The van der Waals surface area contributed by atoms with Crippen molar-refractivity contribution in [3.63, 3.8) is 0 Å². The minimum absolute atomic E-state index is 0.209. The highest BCUT2D eigenvalue weighted by Crippen LogP contribution is 2.22. The number of halogens is 1. The van der Waals surface area contributed by atoms with Crippen molar-refractivity contribution in [2.45, 2.75) is 26.7 Å². The van der Waals surface area contributed by atoms with E-state index >= 15 is 0 Å². The molecule has 0 aliphatic carbocycles. The van der Waals surface area contributed by atoms with Crippen LogP contribution in [0.5, 0.6) is 0 Å². The van der Waals surface area contributed by atoms with Crippen LogP contribution in [0.15, 0.2) is 18.2 Å². The smallest absolute Gasteiger partial charge is 0.321 e. The fourth-order valence-electron chi connectivity index (χ4n) is 2.54. The number of amides is 2. The zero-order valence-corrected chi connectivity index (χ0v) is 13.7. The van der Waals surface area contributed by atoms with Crippen LogP contribution in [0.2, 0.25) is 5.02 Å². The molecular formula is C16H21ClN2O3. The maximum Gasteiger partial charge on any atom is 0.321 e. The fraction of sp³-hybridized carbons (Fsp3) is 0.500. The van der Waals surface area contributed by atoms with Crippen LogP contribution in [0.1, 0.15) is 25.3 Å². The number of esters is 1. The van der Waals surface area contributed by atoms with Crippen molar-refractivity contribution >= 4 is 29.3 Å². The molecule has 1 N–H and O–H groups in total. The molecule has 0 aromatic heterocycles. The maximum absolute atomic E-state index is 12.4. The van der Waals surface area contributed by atoms with Crippen molar-refractivity contribution in [2.75, 3.05) is 25.0 Å². The molecule has 2 rings (SSSR count). The summed E-state index contributed by atoms with van der Waals surface area (Å²) >= 11 is 5.96. The van der Waals surface area contributed by atoms with Crippen molar-refractivity contribution in [1.82, 2.24) is 4.90 Å². The lowest BCUT2D eigenvalue weighted by Crippen LogP contribution is -2.44. The Morgan fingerprint density at radius 3 is 2.95 bits per heavy atom. The van der Waals surface area contributed by atoms with Gasteiger partial charge in [0.1, 0.15) is 0 Å². The van der Waals surface area contributed by atoms with Gasteiger partial charge in [-0.25, -0.2) is 4.79 Å². The number of piperidine rings is 1. The predicted molar refractivity (Wildman–Crippen MR) is 86.1 cm³/mol. The van der Waals surface area contributed by atoms with Crippen LogP contribution in [-0.4, -0.2) is 36.6 Å². The molecular weight excluding hydrogens is 304 g/mol. The molecule has 1 heterocycles. The standard InChI is InChI=1S/C16H21ClN2O3/c1-3-22-15(20)12-5-4-8-19(10-12)16(21)18-14-9-13(17)7-6-11(14)2/h6-7,9,12H,3-5,8,10H2,1-2H3,(H,18,21)/t12-/m0/s1. The molecule has 1 aromatic carbocycles. The summed E-state index contributed by atoms with van der Waals surface area (Å²) in [6.07, 6.45) is 1.56. The second kappa shape index (κ2) is 7.49. The highest BCUT2D eigenvalue weighted by molar-refractivity contribution is 6.31. The quantitative estimate of drug-likeness (QED) is 0.866. The van der Waals surface area contributed by atoms with Gasteiger partial charge in [0.05, 0.1) is 12.5 Å². The number of aryl methyl sites for hydroxylation is 1.